The second-order valence-corrected chi connectivity index (χ2v) is 6.09. The number of halogens is 2. The molecule has 2 aromatic carbocycles. The topological polar surface area (TPSA) is 76.7 Å². The lowest BCUT2D eigenvalue weighted by molar-refractivity contribution is 0.0956. The highest BCUT2D eigenvalue weighted by Gasteiger charge is 2.12. The van der Waals surface area contributed by atoms with Crippen LogP contribution in [0, 0.1) is 0 Å². The van der Waals surface area contributed by atoms with Crippen molar-refractivity contribution in [3.05, 3.63) is 56.5 Å². The lowest BCUT2D eigenvalue weighted by atomic mass is 10.2. The summed E-state index contributed by atoms with van der Waals surface area (Å²) in [5, 5.41) is 3.93. The van der Waals surface area contributed by atoms with Crippen molar-refractivity contribution in [2.45, 2.75) is 0 Å². The Hall–Kier alpha value is -1.86. The molecule has 0 aliphatic heterocycles. The Bertz CT molecular complexity index is 733. The Morgan fingerprint density at radius 3 is 2.82 bits per heavy atom. The van der Waals surface area contributed by atoms with Gasteiger partial charge in [0.05, 0.1) is 24.6 Å². The lowest BCUT2D eigenvalue weighted by Gasteiger charge is -2.07. The van der Waals surface area contributed by atoms with Crippen molar-refractivity contribution in [3.8, 4) is 5.75 Å². The number of hydrogen-bond donors (Lipinski definition) is 2. The Kier molecular flexibility index (Phi) is 5.57. The zero-order valence-corrected chi connectivity index (χ0v) is 14.8. The molecule has 0 saturated carbocycles. The Morgan fingerprint density at radius 2 is 2.09 bits per heavy atom. The molecular formula is C15H13Br2N3O2. The maximum absolute atomic E-state index is 12.1. The SMILES string of the molecule is COc1cccc(/C=N\NC(=O)c2cc(Br)cc(Br)c2N)c1. The van der Waals surface area contributed by atoms with Crippen molar-refractivity contribution in [2.75, 3.05) is 12.8 Å². The standard InChI is InChI=1S/C15H13Br2N3O2/c1-22-11-4-2-3-9(5-11)8-19-20-15(21)12-6-10(16)7-13(17)14(12)18/h2-8H,18H2,1H3,(H,20,21)/b19-8-. The third-order valence-electron chi connectivity index (χ3n) is 2.81. The van der Waals surface area contributed by atoms with Gasteiger partial charge in [0.25, 0.3) is 5.91 Å². The molecule has 0 atom stereocenters. The largest absolute Gasteiger partial charge is 0.497 e. The predicted molar refractivity (Wildman–Crippen MR) is 94.3 cm³/mol. The first-order chi connectivity index (χ1) is 10.5. The summed E-state index contributed by atoms with van der Waals surface area (Å²) in [5.74, 6) is 0.328. The number of nitrogens with two attached hydrogens (primary N) is 1. The average molecular weight is 427 g/mol. The zero-order chi connectivity index (χ0) is 16.1. The fraction of sp³-hybridized carbons (Fsp3) is 0.0667. The number of anilines is 1. The minimum atomic E-state index is -0.390. The molecule has 0 heterocycles. The maximum Gasteiger partial charge on any atom is 0.273 e. The van der Waals surface area contributed by atoms with Gasteiger partial charge in [-0.05, 0) is 45.8 Å². The third kappa shape index (κ3) is 4.08. The van der Waals surface area contributed by atoms with E-state index in [1.165, 1.54) is 6.21 Å². The van der Waals surface area contributed by atoms with Gasteiger partial charge in [0.1, 0.15) is 5.75 Å². The molecule has 2 aromatic rings. The van der Waals surface area contributed by atoms with Gasteiger partial charge in [-0.1, -0.05) is 28.1 Å². The van der Waals surface area contributed by atoms with Crippen LogP contribution in [0.4, 0.5) is 5.69 Å². The summed E-state index contributed by atoms with van der Waals surface area (Å²) in [7, 11) is 1.59. The Labute approximate surface area is 144 Å². The van der Waals surface area contributed by atoms with Crippen molar-refractivity contribution < 1.29 is 9.53 Å². The first-order valence-electron chi connectivity index (χ1n) is 6.23. The number of nitrogens with one attached hydrogen (secondary N) is 1. The predicted octanol–water partition coefficient (Wildman–Crippen LogP) is 3.57. The molecule has 0 spiro atoms. The van der Waals surface area contributed by atoms with Crippen molar-refractivity contribution in [3.63, 3.8) is 0 Å². The first kappa shape index (κ1) is 16.5. The first-order valence-corrected chi connectivity index (χ1v) is 7.82. The lowest BCUT2D eigenvalue weighted by Crippen LogP contribution is -2.19. The second kappa shape index (κ2) is 7.42. The molecule has 2 rings (SSSR count). The van der Waals surface area contributed by atoms with Crippen molar-refractivity contribution in [1.29, 1.82) is 0 Å². The zero-order valence-electron chi connectivity index (χ0n) is 11.6. The summed E-state index contributed by atoms with van der Waals surface area (Å²) >= 11 is 6.62. The number of amides is 1. The van der Waals surface area contributed by atoms with E-state index in [9.17, 15) is 4.79 Å². The van der Waals surface area contributed by atoms with Crippen LogP contribution in [0.3, 0.4) is 0 Å². The number of carbonyl (C=O) groups excluding carboxylic acids is 1. The summed E-state index contributed by atoms with van der Waals surface area (Å²) < 4.78 is 6.51. The van der Waals surface area contributed by atoms with Crippen LogP contribution in [0.1, 0.15) is 15.9 Å². The van der Waals surface area contributed by atoms with E-state index >= 15 is 0 Å². The molecule has 114 valence electrons. The van der Waals surface area contributed by atoms with Crippen LogP contribution >= 0.6 is 31.9 Å². The van der Waals surface area contributed by atoms with Crippen LogP contribution < -0.4 is 15.9 Å². The minimum absolute atomic E-state index is 0.337. The molecule has 0 radical (unpaired) electrons. The van der Waals surface area contributed by atoms with E-state index in [-0.39, 0.29) is 0 Å². The molecule has 22 heavy (non-hydrogen) atoms. The number of carbonyl (C=O) groups is 1. The highest BCUT2D eigenvalue weighted by atomic mass is 79.9. The quantitative estimate of drug-likeness (QED) is 0.445. The van der Waals surface area contributed by atoms with Gasteiger partial charge in [-0.2, -0.15) is 5.10 Å². The van der Waals surface area contributed by atoms with E-state index in [0.717, 1.165) is 15.8 Å². The molecular weight excluding hydrogens is 414 g/mol. The van der Waals surface area contributed by atoms with Gasteiger partial charge in [0.15, 0.2) is 0 Å². The molecule has 3 N–H and O–H groups in total. The average Bonchev–Trinajstić information content (AvgIpc) is 2.51. The van der Waals surface area contributed by atoms with E-state index < -0.39 is 5.91 Å². The summed E-state index contributed by atoms with van der Waals surface area (Å²) in [6, 6.07) is 10.7. The molecule has 5 nitrogen and oxygen atoms in total. The molecule has 0 bridgehead atoms. The summed E-state index contributed by atoms with van der Waals surface area (Å²) in [5.41, 5.74) is 9.83. The molecule has 7 heteroatoms. The van der Waals surface area contributed by atoms with Gasteiger partial charge in [-0.3, -0.25) is 4.79 Å². The van der Waals surface area contributed by atoms with E-state index in [2.05, 4.69) is 42.4 Å². The molecule has 0 fully saturated rings. The van der Waals surface area contributed by atoms with Gasteiger partial charge < -0.3 is 10.5 Å². The van der Waals surface area contributed by atoms with E-state index in [1.807, 2.05) is 18.2 Å². The third-order valence-corrected chi connectivity index (χ3v) is 3.93. The molecule has 0 aromatic heterocycles. The van der Waals surface area contributed by atoms with Crippen LogP contribution in [0.15, 0.2) is 50.4 Å². The molecule has 0 unspecified atom stereocenters. The summed E-state index contributed by atoms with van der Waals surface area (Å²) in [6.07, 6.45) is 1.53. The smallest absolute Gasteiger partial charge is 0.273 e. The van der Waals surface area contributed by atoms with E-state index in [1.54, 1.807) is 25.3 Å². The molecule has 0 saturated heterocycles. The fourth-order valence-corrected chi connectivity index (χ4v) is 2.95. The minimum Gasteiger partial charge on any atom is -0.497 e. The Morgan fingerprint density at radius 1 is 1.32 bits per heavy atom. The van der Waals surface area contributed by atoms with Crippen LogP contribution in [0.25, 0.3) is 0 Å². The number of hydrogen-bond acceptors (Lipinski definition) is 4. The summed E-state index contributed by atoms with van der Waals surface area (Å²) in [4.78, 5) is 12.1. The van der Waals surface area contributed by atoms with Gasteiger partial charge in [-0.25, -0.2) is 5.43 Å². The maximum atomic E-state index is 12.1. The molecule has 0 aliphatic carbocycles. The van der Waals surface area contributed by atoms with Crippen LogP contribution in [-0.2, 0) is 0 Å². The number of nitrogens with zero attached hydrogens (tertiary/aromatic N) is 1. The Balaban J connectivity index is 2.11. The fourth-order valence-electron chi connectivity index (χ4n) is 1.72. The van der Waals surface area contributed by atoms with Gasteiger partial charge in [0.2, 0.25) is 0 Å². The van der Waals surface area contributed by atoms with Crippen molar-refractivity contribution >= 4 is 49.7 Å². The number of ether oxygens (including phenoxy) is 1. The van der Waals surface area contributed by atoms with Gasteiger partial charge in [-0.15, -0.1) is 0 Å². The second-order valence-electron chi connectivity index (χ2n) is 4.32. The normalized spacial score (nSPS) is 10.7. The van der Waals surface area contributed by atoms with Crippen LogP contribution in [0.2, 0.25) is 0 Å². The van der Waals surface area contributed by atoms with Crippen molar-refractivity contribution in [2.24, 2.45) is 5.10 Å². The van der Waals surface area contributed by atoms with Crippen LogP contribution in [0.5, 0.6) is 5.75 Å². The van der Waals surface area contributed by atoms with Gasteiger partial charge in [0, 0.05) is 8.95 Å². The molecule has 1 amide bonds. The number of benzene rings is 2. The highest BCUT2D eigenvalue weighted by molar-refractivity contribution is 9.11. The monoisotopic (exact) mass is 425 g/mol. The molecule has 0 aliphatic rings. The van der Waals surface area contributed by atoms with Crippen molar-refractivity contribution in [1.82, 2.24) is 5.43 Å². The number of rotatable bonds is 4. The summed E-state index contributed by atoms with van der Waals surface area (Å²) in [6.45, 7) is 0. The number of nitrogen functional groups attached to an aromatic ring is 1. The van der Waals surface area contributed by atoms with E-state index in [0.29, 0.717) is 15.7 Å². The number of hydrazone groups is 1. The van der Waals surface area contributed by atoms with E-state index in [4.69, 9.17) is 10.5 Å². The van der Waals surface area contributed by atoms with Gasteiger partial charge >= 0.3 is 0 Å². The van der Waals surface area contributed by atoms with Crippen LogP contribution in [-0.4, -0.2) is 19.2 Å². The highest BCUT2D eigenvalue weighted by Crippen LogP contribution is 2.28. The number of methoxy groups -OCH3 is 1.